The molecule has 1 heterocycles. The van der Waals surface area contributed by atoms with Crippen LogP contribution in [0.5, 0.6) is 5.75 Å². The Hall–Kier alpha value is -2.62. The monoisotopic (exact) mass is 265 g/mol. The average molecular weight is 265 g/mol. The molecule has 1 N–H and O–H groups in total. The van der Waals surface area contributed by atoms with Gasteiger partial charge in [0.05, 0.1) is 18.1 Å². The highest BCUT2D eigenvalue weighted by Crippen LogP contribution is 2.28. The summed E-state index contributed by atoms with van der Waals surface area (Å²) in [5.74, 6) is 1.60. The fourth-order valence-electron chi connectivity index (χ4n) is 2.12. The number of nitrogens with one attached hydrogen (secondary N) is 1. The second-order valence-electron chi connectivity index (χ2n) is 4.39. The molecule has 0 radical (unpaired) electrons. The Labute approximate surface area is 117 Å². The zero-order valence-electron chi connectivity index (χ0n) is 11.4. The van der Waals surface area contributed by atoms with E-state index >= 15 is 0 Å². The van der Waals surface area contributed by atoms with Crippen molar-refractivity contribution in [3.8, 4) is 17.0 Å². The van der Waals surface area contributed by atoms with Crippen molar-refractivity contribution in [1.82, 2.24) is 9.97 Å². The molecule has 20 heavy (non-hydrogen) atoms. The number of para-hydroxylation sites is 2. The van der Waals surface area contributed by atoms with Crippen LogP contribution >= 0.6 is 0 Å². The van der Waals surface area contributed by atoms with Crippen LogP contribution in [-0.4, -0.2) is 24.1 Å². The molecule has 3 rings (SSSR count). The van der Waals surface area contributed by atoms with E-state index in [1.54, 1.807) is 7.11 Å². The molecule has 0 spiro atoms. The molecule has 3 aromatic rings. The van der Waals surface area contributed by atoms with Crippen molar-refractivity contribution in [2.24, 2.45) is 0 Å². The maximum atomic E-state index is 5.18. The lowest BCUT2D eigenvalue weighted by molar-refractivity contribution is 0.415. The molecule has 0 atom stereocenters. The van der Waals surface area contributed by atoms with E-state index in [1.165, 1.54) is 0 Å². The van der Waals surface area contributed by atoms with E-state index in [2.05, 4.69) is 10.3 Å². The first-order valence-electron chi connectivity index (χ1n) is 6.41. The lowest BCUT2D eigenvalue weighted by Crippen LogP contribution is -1.99. The number of hydrogen-bond donors (Lipinski definition) is 1. The van der Waals surface area contributed by atoms with Gasteiger partial charge in [0.1, 0.15) is 11.4 Å². The van der Waals surface area contributed by atoms with Crippen LogP contribution in [0.15, 0.2) is 48.5 Å². The van der Waals surface area contributed by atoms with Crippen molar-refractivity contribution >= 4 is 16.9 Å². The minimum atomic E-state index is 0.772. The number of ether oxygens (including phenoxy) is 1. The third-order valence-electron chi connectivity index (χ3n) is 3.17. The molecule has 0 saturated carbocycles. The molecule has 0 saturated heterocycles. The summed E-state index contributed by atoms with van der Waals surface area (Å²) in [5, 5.41) is 3.11. The van der Waals surface area contributed by atoms with Crippen LogP contribution in [-0.2, 0) is 0 Å². The molecule has 2 aromatic carbocycles. The van der Waals surface area contributed by atoms with Crippen molar-refractivity contribution in [2.75, 3.05) is 19.5 Å². The fourth-order valence-corrected chi connectivity index (χ4v) is 2.12. The quantitative estimate of drug-likeness (QED) is 0.789. The number of rotatable bonds is 3. The van der Waals surface area contributed by atoms with Gasteiger partial charge in [-0.3, -0.25) is 0 Å². The summed E-state index contributed by atoms with van der Waals surface area (Å²) < 4.78 is 5.18. The van der Waals surface area contributed by atoms with Crippen LogP contribution in [0.2, 0.25) is 0 Å². The first-order valence-corrected chi connectivity index (χ1v) is 6.41. The molecular weight excluding hydrogens is 250 g/mol. The molecule has 4 heteroatoms. The number of methoxy groups -OCH3 is 1. The normalized spacial score (nSPS) is 10.5. The van der Waals surface area contributed by atoms with Gasteiger partial charge in [0.15, 0.2) is 5.82 Å². The molecular formula is C16H15N3O. The van der Waals surface area contributed by atoms with E-state index in [4.69, 9.17) is 9.72 Å². The third kappa shape index (κ3) is 2.16. The Balaban J connectivity index is 2.17. The number of nitrogens with zero attached hydrogens (tertiary/aromatic N) is 2. The van der Waals surface area contributed by atoms with Gasteiger partial charge in [-0.25, -0.2) is 9.97 Å². The Morgan fingerprint density at radius 3 is 2.15 bits per heavy atom. The van der Waals surface area contributed by atoms with Crippen LogP contribution in [0.3, 0.4) is 0 Å². The molecule has 0 unspecified atom stereocenters. The van der Waals surface area contributed by atoms with Crippen molar-refractivity contribution in [3.05, 3.63) is 48.5 Å². The van der Waals surface area contributed by atoms with Gasteiger partial charge in [-0.05, 0) is 36.4 Å². The summed E-state index contributed by atoms with van der Waals surface area (Å²) >= 11 is 0. The van der Waals surface area contributed by atoms with Crippen molar-refractivity contribution in [1.29, 1.82) is 0 Å². The number of hydrogen-bond acceptors (Lipinski definition) is 4. The highest BCUT2D eigenvalue weighted by molar-refractivity contribution is 5.83. The number of fused-ring (bicyclic) bond motifs is 1. The summed E-state index contributed by atoms with van der Waals surface area (Å²) in [5.41, 5.74) is 3.62. The van der Waals surface area contributed by atoms with Crippen molar-refractivity contribution in [3.63, 3.8) is 0 Å². The molecule has 100 valence electrons. The van der Waals surface area contributed by atoms with E-state index in [0.29, 0.717) is 0 Å². The van der Waals surface area contributed by atoms with Gasteiger partial charge in [0.25, 0.3) is 0 Å². The van der Waals surface area contributed by atoms with Gasteiger partial charge < -0.3 is 10.1 Å². The minimum absolute atomic E-state index is 0.772. The topological polar surface area (TPSA) is 47.0 Å². The zero-order chi connectivity index (χ0) is 13.9. The van der Waals surface area contributed by atoms with E-state index in [9.17, 15) is 0 Å². The molecule has 0 fully saturated rings. The first-order chi connectivity index (χ1) is 9.81. The van der Waals surface area contributed by atoms with Crippen molar-refractivity contribution < 1.29 is 4.74 Å². The van der Waals surface area contributed by atoms with Gasteiger partial charge in [0.2, 0.25) is 0 Å². The average Bonchev–Trinajstić information content (AvgIpc) is 2.53. The van der Waals surface area contributed by atoms with Crippen LogP contribution in [0.1, 0.15) is 0 Å². The maximum Gasteiger partial charge on any atom is 0.153 e. The summed E-state index contributed by atoms with van der Waals surface area (Å²) in [6.45, 7) is 0. The summed E-state index contributed by atoms with van der Waals surface area (Å²) in [6, 6.07) is 15.7. The van der Waals surface area contributed by atoms with E-state index < -0.39 is 0 Å². The van der Waals surface area contributed by atoms with Crippen LogP contribution < -0.4 is 10.1 Å². The predicted octanol–water partition coefficient (Wildman–Crippen LogP) is 3.35. The number of aromatic nitrogens is 2. The predicted molar refractivity (Wildman–Crippen MR) is 81.1 cm³/mol. The lowest BCUT2D eigenvalue weighted by atomic mass is 10.1. The molecule has 0 bridgehead atoms. The van der Waals surface area contributed by atoms with E-state index in [1.807, 2.05) is 55.6 Å². The Morgan fingerprint density at radius 1 is 0.900 bits per heavy atom. The standard InChI is InChI=1S/C16H15N3O/c1-17-16-15(11-7-9-12(20-2)10-8-11)18-13-5-3-4-6-14(13)19-16/h3-10H,1-2H3,(H,17,19). The van der Waals surface area contributed by atoms with Gasteiger partial charge >= 0.3 is 0 Å². The molecule has 0 aliphatic heterocycles. The lowest BCUT2D eigenvalue weighted by Gasteiger charge is -2.09. The zero-order valence-corrected chi connectivity index (χ0v) is 11.4. The molecule has 0 amide bonds. The van der Waals surface area contributed by atoms with Gasteiger partial charge in [-0.2, -0.15) is 0 Å². The summed E-state index contributed by atoms with van der Waals surface area (Å²) in [6.07, 6.45) is 0. The fraction of sp³-hybridized carbons (Fsp3) is 0.125. The molecule has 0 aliphatic rings. The minimum Gasteiger partial charge on any atom is -0.497 e. The largest absolute Gasteiger partial charge is 0.497 e. The van der Waals surface area contributed by atoms with Crippen LogP contribution in [0, 0.1) is 0 Å². The second kappa shape index (κ2) is 5.17. The molecule has 1 aromatic heterocycles. The highest BCUT2D eigenvalue weighted by Gasteiger charge is 2.09. The number of anilines is 1. The molecule has 0 aliphatic carbocycles. The highest BCUT2D eigenvalue weighted by atomic mass is 16.5. The summed E-state index contributed by atoms with van der Waals surface area (Å²) in [4.78, 5) is 9.31. The third-order valence-corrected chi connectivity index (χ3v) is 3.17. The van der Waals surface area contributed by atoms with Gasteiger partial charge in [0, 0.05) is 12.6 Å². The Kier molecular flexibility index (Phi) is 3.21. The van der Waals surface area contributed by atoms with E-state index in [-0.39, 0.29) is 0 Å². The molecule has 4 nitrogen and oxygen atoms in total. The van der Waals surface area contributed by atoms with Crippen molar-refractivity contribution in [2.45, 2.75) is 0 Å². The first kappa shape index (κ1) is 12.4. The Bertz CT molecular complexity index is 738. The number of benzene rings is 2. The van der Waals surface area contributed by atoms with Gasteiger partial charge in [-0.15, -0.1) is 0 Å². The smallest absolute Gasteiger partial charge is 0.153 e. The SMILES string of the molecule is CNc1nc2ccccc2nc1-c1ccc(OC)cc1. The Morgan fingerprint density at radius 2 is 1.55 bits per heavy atom. The van der Waals surface area contributed by atoms with Gasteiger partial charge in [-0.1, -0.05) is 12.1 Å². The van der Waals surface area contributed by atoms with E-state index in [0.717, 1.165) is 33.9 Å². The van der Waals surface area contributed by atoms with Crippen LogP contribution in [0.4, 0.5) is 5.82 Å². The second-order valence-corrected chi connectivity index (χ2v) is 4.39. The summed E-state index contributed by atoms with van der Waals surface area (Å²) in [7, 11) is 3.51. The van der Waals surface area contributed by atoms with Crippen LogP contribution in [0.25, 0.3) is 22.3 Å². The maximum absolute atomic E-state index is 5.18.